The normalized spacial score (nSPS) is 10.9. The summed E-state index contributed by atoms with van der Waals surface area (Å²) in [6.07, 6.45) is 5.34. The van der Waals surface area contributed by atoms with Gasteiger partial charge in [0, 0.05) is 24.9 Å². The molecule has 84 valence electrons. The summed E-state index contributed by atoms with van der Waals surface area (Å²) in [7, 11) is 2.17. The maximum atomic E-state index is 4.31. The number of hydrogen-bond acceptors (Lipinski definition) is 3. The maximum Gasteiger partial charge on any atom is 0.0416 e. The van der Waals surface area contributed by atoms with Crippen LogP contribution in [0.15, 0.2) is 24.4 Å². The average molecular weight is 224 g/mol. The van der Waals surface area contributed by atoms with E-state index in [1.54, 1.807) is 0 Å². The van der Waals surface area contributed by atoms with Gasteiger partial charge in [0.1, 0.15) is 0 Å². The van der Waals surface area contributed by atoms with Gasteiger partial charge in [0.15, 0.2) is 0 Å². The monoisotopic (exact) mass is 224 g/mol. The smallest absolute Gasteiger partial charge is 0.0416 e. The van der Waals surface area contributed by atoms with Crippen molar-refractivity contribution in [3.8, 4) is 0 Å². The van der Waals surface area contributed by atoms with Crippen LogP contribution in [0, 0.1) is 0 Å². The van der Waals surface area contributed by atoms with Crippen LogP contribution in [0.4, 0.5) is 0 Å². The van der Waals surface area contributed by atoms with Crippen molar-refractivity contribution < 1.29 is 0 Å². The van der Waals surface area contributed by atoms with E-state index >= 15 is 0 Å². The first kappa shape index (κ1) is 12.5. The summed E-state index contributed by atoms with van der Waals surface area (Å²) in [6.45, 7) is 2.25. The molecule has 0 fully saturated rings. The summed E-state index contributed by atoms with van der Waals surface area (Å²) in [5, 5.41) is 0. The SMILES string of the molecule is CN(CCCCS)CCc1ccccn1. The van der Waals surface area contributed by atoms with Crippen molar-refractivity contribution in [2.75, 3.05) is 25.9 Å². The molecule has 0 saturated heterocycles. The molecule has 0 amide bonds. The van der Waals surface area contributed by atoms with Crippen LogP contribution < -0.4 is 0 Å². The number of unbranched alkanes of at least 4 members (excludes halogenated alkanes) is 1. The molecule has 1 rings (SSSR count). The van der Waals surface area contributed by atoms with Gasteiger partial charge in [0.05, 0.1) is 0 Å². The Morgan fingerprint density at radius 2 is 2.13 bits per heavy atom. The van der Waals surface area contributed by atoms with Crippen molar-refractivity contribution in [2.45, 2.75) is 19.3 Å². The second kappa shape index (κ2) is 7.71. The highest BCUT2D eigenvalue weighted by Gasteiger charge is 1.99. The summed E-state index contributed by atoms with van der Waals surface area (Å²) in [5.74, 6) is 0.994. The minimum atomic E-state index is 0.994. The minimum Gasteiger partial charge on any atom is -0.306 e. The van der Waals surface area contributed by atoms with Gasteiger partial charge in [-0.1, -0.05) is 6.07 Å². The molecule has 2 nitrogen and oxygen atoms in total. The molecule has 0 N–H and O–H groups in total. The highest BCUT2D eigenvalue weighted by molar-refractivity contribution is 7.80. The van der Waals surface area contributed by atoms with Gasteiger partial charge in [-0.2, -0.15) is 12.6 Å². The molecule has 0 atom stereocenters. The molecule has 0 spiro atoms. The number of rotatable bonds is 7. The molecule has 15 heavy (non-hydrogen) atoms. The largest absolute Gasteiger partial charge is 0.306 e. The quantitative estimate of drug-likeness (QED) is 0.565. The summed E-state index contributed by atoms with van der Waals surface area (Å²) in [6, 6.07) is 6.09. The van der Waals surface area contributed by atoms with Gasteiger partial charge in [0.2, 0.25) is 0 Å². The van der Waals surface area contributed by atoms with Crippen LogP contribution in [-0.4, -0.2) is 35.8 Å². The highest BCUT2D eigenvalue weighted by Crippen LogP contribution is 1.98. The Kier molecular flexibility index (Phi) is 6.44. The number of nitrogens with zero attached hydrogens (tertiary/aromatic N) is 2. The zero-order valence-corrected chi connectivity index (χ0v) is 10.3. The molecule has 3 heteroatoms. The Morgan fingerprint density at radius 3 is 2.80 bits per heavy atom. The maximum absolute atomic E-state index is 4.31. The molecule has 0 aromatic carbocycles. The average Bonchev–Trinajstić information content (AvgIpc) is 2.28. The Balaban J connectivity index is 2.14. The van der Waals surface area contributed by atoms with Crippen LogP contribution in [0.25, 0.3) is 0 Å². The van der Waals surface area contributed by atoms with Crippen LogP contribution in [0.3, 0.4) is 0 Å². The van der Waals surface area contributed by atoms with E-state index in [-0.39, 0.29) is 0 Å². The van der Waals surface area contributed by atoms with Crippen molar-refractivity contribution in [1.29, 1.82) is 0 Å². The molecular weight excluding hydrogens is 204 g/mol. The molecular formula is C12H20N2S. The lowest BCUT2D eigenvalue weighted by Gasteiger charge is -2.15. The second-order valence-electron chi connectivity index (χ2n) is 3.81. The molecule has 1 heterocycles. The van der Waals surface area contributed by atoms with E-state index in [1.165, 1.54) is 18.5 Å². The lowest BCUT2D eigenvalue weighted by molar-refractivity contribution is 0.331. The Hall–Kier alpha value is -0.540. The molecule has 0 aliphatic rings. The molecule has 0 saturated carbocycles. The van der Waals surface area contributed by atoms with Crippen molar-refractivity contribution in [2.24, 2.45) is 0 Å². The summed E-state index contributed by atoms with van der Waals surface area (Å²) < 4.78 is 0. The lowest BCUT2D eigenvalue weighted by atomic mass is 10.2. The lowest BCUT2D eigenvalue weighted by Crippen LogP contribution is -2.22. The first-order valence-electron chi connectivity index (χ1n) is 5.52. The standard InChI is InChI=1S/C12H20N2S/c1-14(9-4-5-11-15)10-7-12-6-2-3-8-13-12/h2-3,6,8,15H,4-5,7,9-11H2,1H3. The van der Waals surface area contributed by atoms with Gasteiger partial charge >= 0.3 is 0 Å². The fourth-order valence-corrected chi connectivity index (χ4v) is 1.68. The zero-order valence-electron chi connectivity index (χ0n) is 9.39. The van der Waals surface area contributed by atoms with Crippen molar-refractivity contribution in [3.05, 3.63) is 30.1 Å². The Bertz CT molecular complexity index is 251. The van der Waals surface area contributed by atoms with E-state index in [4.69, 9.17) is 0 Å². The second-order valence-corrected chi connectivity index (χ2v) is 4.25. The summed E-state index contributed by atoms with van der Waals surface area (Å²) in [4.78, 5) is 6.67. The minimum absolute atomic E-state index is 0.994. The molecule has 0 radical (unpaired) electrons. The van der Waals surface area contributed by atoms with Gasteiger partial charge in [-0.25, -0.2) is 0 Å². The highest BCUT2D eigenvalue weighted by atomic mass is 32.1. The third kappa shape index (κ3) is 5.80. The fraction of sp³-hybridized carbons (Fsp3) is 0.583. The fourth-order valence-electron chi connectivity index (χ4n) is 1.46. The topological polar surface area (TPSA) is 16.1 Å². The van der Waals surface area contributed by atoms with Gasteiger partial charge < -0.3 is 4.90 Å². The first-order valence-corrected chi connectivity index (χ1v) is 6.15. The molecule has 0 bridgehead atoms. The van der Waals surface area contributed by atoms with Crippen molar-refractivity contribution in [1.82, 2.24) is 9.88 Å². The van der Waals surface area contributed by atoms with Crippen LogP contribution >= 0.6 is 12.6 Å². The number of pyridine rings is 1. The predicted octanol–water partition coefficient (Wildman–Crippen LogP) is 2.27. The van der Waals surface area contributed by atoms with Crippen LogP contribution in [0.5, 0.6) is 0 Å². The van der Waals surface area contributed by atoms with E-state index < -0.39 is 0 Å². The predicted molar refractivity (Wildman–Crippen MR) is 68.5 cm³/mol. The Morgan fingerprint density at radius 1 is 1.27 bits per heavy atom. The summed E-state index contributed by atoms with van der Waals surface area (Å²) in [5.41, 5.74) is 1.18. The number of thiol groups is 1. The zero-order chi connectivity index (χ0) is 10.9. The van der Waals surface area contributed by atoms with E-state index in [0.717, 1.165) is 25.3 Å². The molecule has 1 aromatic heterocycles. The van der Waals surface area contributed by atoms with Gasteiger partial charge in [-0.3, -0.25) is 4.98 Å². The number of aromatic nitrogens is 1. The number of likely N-dealkylation sites (N-methyl/N-ethyl adjacent to an activating group) is 1. The van der Waals surface area contributed by atoms with Gasteiger partial charge in [-0.05, 0) is 44.3 Å². The van der Waals surface area contributed by atoms with Crippen molar-refractivity contribution in [3.63, 3.8) is 0 Å². The summed E-state index contributed by atoms with van der Waals surface area (Å²) >= 11 is 4.20. The van der Waals surface area contributed by atoms with Gasteiger partial charge in [-0.15, -0.1) is 0 Å². The Labute approximate surface area is 98.1 Å². The molecule has 0 unspecified atom stereocenters. The molecule has 1 aromatic rings. The van der Waals surface area contributed by atoms with Crippen molar-refractivity contribution >= 4 is 12.6 Å². The van der Waals surface area contributed by atoms with Crippen LogP contribution in [0.2, 0.25) is 0 Å². The van der Waals surface area contributed by atoms with E-state index in [0.29, 0.717) is 0 Å². The molecule has 0 aliphatic carbocycles. The van der Waals surface area contributed by atoms with E-state index in [2.05, 4.69) is 35.6 Å². The van der Waals surface area contributed by atoms with Crippen LogP contribution in [0.1, 0.15) is 18.5 Å². The number of hydrogen-bond donors (Lipinski definition) is 1. The first-order chi connectivity index (χ1) is 7.33. The third-order valence-corrected chi connectivity index (χ3v) is 2.74. The molecule has 0 aliphatic heterocycles. The van der Waals surface area contributed by atoms with E-state index in [9.17, 15) is 0 Å². The third-order valence-electron chi connectivity index (χ3n) is 2.42. The van der Waals surface area contributed by atoms with E-state index in [1.807, 2.05) is 18.3 Å². The van der Waals surface area contributed by atoms with Crippen LogP contribution in [-0.2, 0) is 6.42 Å². The van der Waals surface area contributed by atoms with Gasteiger partial charge in [0.25, 0.3) is 0 Å².